The van der Waals surface area contributed by atoms with Crippen LogP contribution in [0.1, 0.15) is 25.7 Å². The zero-order valence-corrected chi connectivity index (χ0v) is 12.5. The summed E-state index contributed by atoms with van der Waals surface area (Å²) in [6.07, 6.45) is 4.78. The van der Waals surface area contributed by atoms with E-state index in [2.05, 4.69) is 10.6 Å². The molecule has 2 bridgehead atoms. The minimum absolute atomic E-state index is 0.0726. The van der Waals surface area contributed by atoms with Gasteiger partial charge in [-0.05, 0) is 49.3 Å². The molecule has 3 atom stereocenters. The second-order valence-electron chi connectivity index (χ2n) is 6.70. The summed E-state index contributed by atoms with van der Waals surface area (Å²) in [6.45, 7) is 1.34. The lowest BCUT2D eigenvalue weighted by Crippen LogP contribution is -2.28. The summed E-state index contributed by atoms with van der Waals surface area (Å²) >= 11 is 0. The van der Waals surface area contributed by atoms with Crippen LogP contribution in [-0.2, 0) is 4.79 Å². The molecule has 1 saturated heterocycles. The Hall–Kier alpha value is -2.04. The van der Waals surface area contributed by atoms with E-state index in [1.807, 2.05) is 24.3 Å². The molecule has 5 nitrogen and oxygen atoms in total. The summed E-state index contributed by atoms with van der Waals surface area (Å²) in [5, 5.41) is 5.84. The predicted octanol–water partition coefficient (Wildman–Crippen LogP) is 2.59. The van der Waals surface area contributed by atoms with Crippen molar-refractivity contribution in [2.45, 2.75) is 25.7 Å². The molecule has 2 saturated carbocycles. The third-order valence-electron chi connectivity index (χ3n) is 5.36. The molecule has 3 amide bonds. The molecule has 1 heterocycles. The van der Waals surface area contributed by atoms with Crippen LogP contribution in [0.5, 0.6) is 0 Å². The van der Waals surface area contributed by atoms with Crippen LogP contribution in [0.2, 0.25) is 0 Å². The summed E-state index contributed by atoms with van der Waals surface area (Å²) in [5.41, 5.74) is 1.62. The molecule has 0 radical (unpaired) electrons. The molecule has 4 rings (SSSR count). The molecule has 1 aliphatic heterocycles. The Morgan fingerprint density at radius 3 is 2.86 bits per heavy atom. The number of hydrogen-bond acceptors (Lipinski definition) is 2. The first kappa shape index (κ1) is 13.6. The van der Waals surface area contributed by atoms with E-state index in [9.17, 15) is 9.59 Å². The van der Waals surface area contributed by atoms with E-state index in [1.165, 1.54) is 19.3 Å². The lowest BCUT2D eigenvalue weighted by atomic mass is 9.88. The van der Waals surface area contributed by atoms with Gasteiger partial charge in [0.15, 0.2) is 0 Å². The quantitative estimate of drug-likeness (QED) is 0.901. The zero-order valence-electron chi connectivity index (χ0n) is 12.5. The van der Waals surface area contributed by atoms with E-state index >= 15 is 0 Å². The number of nitrogens with zero attached hydrogens (tertiary/aromatic N) is 1. The third-order valence-corrected chi connectivity index (χ3v) is 5.36. The summed E-state index contributed by atoms with van der Waals surface area (Å²) in [7, 11) is 0. The fourth-order valence-corrected chi connectivity index (χ4v) is 4.27. The SMILES string of the molecule is O=C(Nc1cccc(N2CCNC2=O)c1)[C@@H]1C[C@H]2CC[C@H]1C2. The fraction of sp³-hybridized carbons (Fsp3) is 0.529. The van der Waals surface area contributed by atoms with Gasteiger partial charge in [0.25, 0.3) is 0 Å². The number of urea groups is 1. The van der Waals surface area contributed by atoms with Crippen molar-refractivity contribution in [2.75, 3.05) is 23.3 Å². The summed E-state index contributed by atoms with van der Waals surface area (Å²) in [5.74, 6) is 1.67. The average molecular weight is 299 g/mol. The van der Waals surface area contributed by atoms with Crippen LogP contribution in [0.15, 0.2) is 24.3 Å². The first-order chi connectivity index (χ1) is 10.7. The van der Waals surface area contributed by atoms with Crippen LogP contribution in [0.3, 0.4) is 0 Å². The molecule has 1 aromatic rings. The standard InChI is InChI=1S/C17H21N3O2/c21-16(15-9-11-4-5-12(15)8-11)19-13-2-1-3-14(10-13)20-7-6-18-17(20)22/h1-3,10-12,15H,4-9H2,(H,18,22)(H,19,21)/t11-,12-,15+/m0/s1. The maximum atomic E-state index is 12.5. The molecule has 116 valence electrons. The molecular weight excluding hydrogens is 278 g/mol. The number of carbonyl (C=O) groups is 2. The maximum Gasteiger partial charge on any atom is 0.321 e. The van der Waals surface area contributed by atoms with Gasteiger partial charge in [-0.15, -0.1) is 0 Å². The van der Waals surface area contributed by atoms with Gasteiger partial charge in [-0.1, -0.05) is 12.5 Å². The van der Waals surface area contributed by atoms with E-state index in [-0.39, 0.29) is 17.9 Å². The lowest BCUT2D eigenvalue weighted by molar-refractivity contribution is -0.121. The van der Waals surface area contributed by atoms with Crippen LogP contribution in [0, 0.1) is 17.8 Å². The summed E-state index contributed by atoms with van der Waals surface area (Å²) < 4.78 is 0. The van der Waals surface area contributed by atoms with Crippen LogP contribution >= 0.6 is 0 Å². The van der Waals surface area contributed by atoms with Crippen LogP contribution < -0.4 is 15.5 Å². The van der Waals surface area contributed by atoms with E-state index in [1.54, 1.807) is 4.90 Å². The van der Waals surface area contributed by atoms with Gasteiger partial charge in [0.2, 0.25) is 5.91 Å². The number of fused-ring (bicyclic) bond motifs is 2. The molecule has 1 aromatic carbocycles. The van der Waals surface area contributed by atoms with Crippen LogP contribution in [0.4, 0.5) is 16.2 Å². The zero-order chi connectivity index (χ0) is 15.1. The van der Waals surface area contributed by atoms with Crippen molar-refractivity contribution in [1.29, 1.82) is 0 Å². The molecule has 22 heavy (non-hydrogen) atoms. The highest BCUT2D eigenvalue weighted by Gasteiger charge is 2.43. The van der Waals surface area contributed by atoms with Gasteiger partial charge < -0.3 is 10.6 Å². The predicted molar refractivity (Wildman–Crippen MR) is 84.8 cm³/mol. The Labute approximate surface area is 130 Å². The minimum Gasteiger partial charge on any atom is -0.336 e. The molecule has 5 heteroatoms. The monoisotopic (exact) mass is 299 g/mol. The highest BCUT2D eigenvalue weighted by atomic mass is 16.2. The van der Waals surface area contributed by atoms with Gasteiger partial charge >= 0.3 is 6.03 Å². The Balaban J connectivity index is 1.46. The van der Waals surface area contributed by atoms with Crippen molar-refractivity contribution in [1.82, 2.24) is 5.32 Å². The van der Waals surface area contributed by atoms with Gasteiger partial charge in [0, 0.05) is 30.4 Å². The van der Waals surface area contributed by atoms with Crippen LogP contribution in [-0.4, -0.2) is 25.0 Å². The Bertz CT molecular complexity index is 616. The van der Waals surface area contributed by atoms with Gasteiger partial charge in [-0.25, -0.2) is 4.79 Å². The number of rotatable bonds is 3. The number of anilines is 2. The van der Waals surface area contributed by atoms with Gasteiger partial charge in [-0.2, -0.15) is 0 Å². The Morgan fingerprint density at radius 1 is 1.27 bits per heavy atom. The van der Waals surface area contributed by atoms with Crippen molar-refractivity contribution in [3.05, 3.63) is 24.3 Å². The van der Waals surface area contributed by atoms with E-state index in [4.69, 9.17) is 0 Å². The lowest BCUT2D eigenvalue weighted by Gasteiger charge is -2.21. The van der Waals surface area contributed by atoms with Gasteiger partial charge in [0.1, 0.15) is 0 Å². The molecule has 2 aliphatic carbocycles. The number of carbonyl (C=O) groups excluding carboxylic acids is 2. The highest BCUT2D eigenvalue weighted by Crippen LogP contribution is 2.48. The Morgan fingerprint density at radius 2 is 2.18 bits per heavy atom. The molecule has 0 aromatic heterocycles. The second kappa shape index (κ2) is 5.30. The Kier molecular flexibility index (Phi) is 3.28. The molecule has 3 aliphatic rings. The molecular formula is C17H21N3O2. The molecule has 3 fully saturated rings. The molecule has 0 unspecified atom stereocenters. The first-order valence-electron chi connectivity index (χ1n) is 8.17. The van der Waals surface area contributed by atoms with Crippen molar-refractivity contribution in [2.24, 2.45) is 17.8 Å². The van der Waals surface area contributed by atoms with Crippen molar-refractivity contribution >= 4 is 23.3 Å². The topological polar surface area (TPSA) is 61.4 Å². The van der Waals surface area contributed by atoms with Crippen molar-refractivity contribution in [3.63, 3.8) is 0 Å². The van der Waals surface area contributed by atoms with E-state index in [0.29, 0.717) is 19.0 Å². The van der Waals surface area contributed by atoms with Crippen molar-refractivity contribution in [3.8, 4) is 0 Å². The van der Waals surface area contributed by atoms with Gasteiger partial charge in [0.05, 0.1) is 0 Å². The highest BCUT2D eigenvalue weighted by molar-refractivity contribution is 5.96. The smallest absolute Gasteiger partial charge is 0.321 e. The van der Waals surface area contributed by atoms with Crippen LogP contribution in [0.25, 0.3) is 0 Å². The number of amides is 3. The summed E-state index contributed by atoms with van der Waals surface area (Å²) in [4.78, 5) is 25.9. The largest absolute Gasteiger partial charge is 0.336 e. The maximum absolute atomic E-state index is 12.5. The molecule has 2 N–H and O–H groups in total. The number of hydrogen-bond donors (Lipinski definition) is 2. The van der Waals surface area contributed by atoms with E-state index < -0.39 is 0 Å². The average Bonchev–Trinajstić information content (AvgIpc) is 3.23. The second-order valence-corrected chi connectivity index (χ2v) is 6.70. The van der Waals surface area contributed by atoms with Gasteiger partial charge in [-0.3, -0.25) is 9.69 Å². The normalized spacial score (nSPS) is 29.7. The number of benzene rings is 1. The third kappa shape index (κ3) is 2.34. The number of nitrogens with one attached hydrogen (secondary N) is 2. The minimum atomic E-state index is -0.0726. The fourth-order valence-electron chi connectivity index (χ4n) is 4.27. The summed E-state index contributed by atoms with van der Waals surface area (Å²) in [6, 6.07) is 7.49. The van der Waals surface area contributed by atoms with E-state index in [0.717, 1.165) is 23.7 Å². The van der Waals surface area contributed by atoms with Crippen molar-refractivity contribution < 1.29 is 9.59 Å². The first-order valence-corrected chi connectivity index (χ1v) is 8.17. The molecule has 0 spiro atoms.